The third kappa shape index (κ3) is 2.38. The van der Waals surface area contributed by atoms with E-state index in [1.165, 1.54) is 4.57 Å². The molecule has 3 aromatic rings. The van der Waals surface area contributed by atoms with Crippen molar-refractivity contribution in [3.8, 4) is 11.3 Å². The molecule has 1 atom stereocenters. The molecule has 2 aromatic heterocycles. The topological polar surface area (TPSA) is 68.0 Å². The predicted molar refractivity (Wildman–Crippen MR) is 95.9 cm³/mol. The fraction of sp³-hybridized carbons (Fsp3) is 0.300. The minimum absolute atomic E-state index is 0.135. The van der Waals surface area contributed by atoms with Crippen LogP contribution in [0.5, 0.6) is 0 Å². The average molecular weight is 336 g/mol. The van der Waals surface area contributed by atoms with E-state index in [1.54, 1.807) is 18.4 Å². The molecule has 0 amide bonds. The van der Waals surface area contributed by atoms with Crippen LogP contribution >= 0.6 is 0 Å². The lowest BCUT2D eigenvalue weighted by molar-refractivity contribution is 0.428. The molecule has 1 aliphatic carbocycles. The van der Waals surface area contributed by atoms with E-state index in [0.29, 0.717) is 17.0 Å². The molecule has 0 saturated carbocycles. The summed E-state index contributed by atoms with van der Waals surface area (Å²) in [6.07, 6.45) is 3.14. The number of aromatic amines is 1. The number of rotatable bonds is 3. The largest absolute Gasteiger partial charge is 0.467 e. The fourth-order valence-electron chi connectivity index (χ4n) is 3.76. The van der Waals surface area contributed by atoms with E-state index in [-0.39, 0.29) is 17.5 Å². The highest BCUT2D eigenvalue weighted by Crippen LogP contribution is 2.41. The molecule has 0 bridgehead atoms. The van der Waals surface area contributed by atoms with Crippen LogP contribution < -0.4 is 11.2 Å². The molecule has 1 aliphatic rings. The van der Waals surface area contributed by atoms with Crippen LogP contribution in [0.15, 0.2) is 56.7 Å². The standard InChI is InChI=1S/C20H20N2O3/c1-3-20(2)11-13-7-4-5-9-15(13)17-16(20)18(23)22(19(24)21-17)12-14-8-6-10-25-14/h4-10H,3,11-12H2,1-2H3,(H,21,24)/t20-/m1/s1. The smallest absolute Gasteiger partial charge is 0.329 e. The molecule has 0 fully saturated rings. The number of hydrogen-bond acceptors (Lipinski definition) is 3. The Hall–Kier alpha value is -2.82. The Bertz CT molecular complexity index is 1040. The monoisotopic (exact) mass is 336 g/mol. The van der Waals surface area contributed by atoms with Gasteiger partial charge in [0, 0.05) is 16.5 Å². The number of nitrogens with one attached hydrogen (secondary N) is 1. The molecule has 128 valence electrons. The van der Waals surface area contributed by atoms with Crippen molar-refractivity contribution in [3.05, 3.63) is 80.4 Å². The van der Waals surface area contributed by atoms with E-state index >= 15 is 0 Å². The zero-order chi connectivity index (χ0) is 17.6. The normalized spacial score (nSPS) is 18.6. The van der Waals surface area contributed by atoms with Gasteiger partial charge in [-0.15, -0.1) is 0 Å². The van der Waals surface area contributed by atoms with Gasteiger partial charge in [0.1, 0.15) is 5.76 Å². The maximum absolute atomic E-state index is 13.2. The highest BCUT2D eigenvalue weighted by Gasteiger charge is 2.37. The molecule has 2 heterocycles. The van der Waals surface area contributed by atoms with Crippen LogP contribution in [-0.2, 0) is 18.4 Å². The van der Waals surface area contributed by atoms with Crippen molar-refractivity contribution < 1.29 is 4.42 Å². The highest BCUT2D eigenvalue weighted by molar-refractivity contribution is 5.71. The lowest BCUT2D eigenvalue weighted by Gasteiger charge is -2.35. The first-order chi connectivity index (χ1) is 12.0. The van der Waals surface area contributed by atoms with Gasteiger partial charge in [-0.05, 0) is 30.5 Å². The van der Waals surface area contributed by atoms with Crippen molar-refractivity contribution in [1.29, 1.82) is 0 Å². The van der Waals surface area contributed by atoms with Crippen molar-refractivity contribution in [3.63, 3.8) is 0 Å². The summed E-state index contributed by atoms with van der Waals surface area (Å²) in [5, 5.41) is 0. The molecule has 4 rings (SSSR count). The molecule has 25 heavy (non-hydrogen) atoms. The molecule has 1 N–H and O–H groups in total. The van der Waals surface area contributed by atoms with Gasteiger partial charge in [0.25, 0.3) is 5.56 Å². The van der Waals surface area contributed by atoms with E-state index in [1.807, 2.05) is 18.2 Å². The Morgan fingerprint density at radius 1 is 1.20 bits per heavy atom. The summed E-state index contributed by atoms with van der Waals surface area (Å²) in [5.74, 6) is 0.585. The van der Waals surface area contributed by atoms with E-state index in [0.717, 1.165) is 24.0 Å². The summed E-state index contributed by atoms with van der Waals surface area (Å²) < 4.78 is 6.55. The first-order valence-corrected chi connectivity index (χ1v) is 8.52. The molecular weight excluding hydrogens is 316 g/mol. The zero-order valence-corrected chi connectivity index (χ0v) is 14.3. The molecular formula is C20H20N2O3. The van der Waals surface area contributed by atoms with Crippen molar-refractivity contribution in [2.24, 2.45) is 0 Å². The summed E-state index contributed by atoms with van der Waals surface area (Å²) in [4.78, 5) is 28.8. The summed E-state index contributed by atoms with van der Waals surface area (Å²) in [5.41, 5.74) is 2.53. The second-order valence-electron chi connectivity index (χ2n) is 6.90. The molecule has 0 radical (unpaired) electrons. The second-order valence-corrected chi connectivity index (χ2v) is 6.90. The summed E-state index contributed by atoms with van der Waals surface area (Å²) >= 11 is 0. The summed E-state index contributed by atoms with van der Waals surface area (Å²) in [7, 11) is 0. The molecule has 0 unspecified atom stereocenters. The van der Waals surface area contributed by atoms with Gasteiger partial charge in [-0.25, -0.2) is 4.79 Å². The molecule has 5 heteroatoms. The number of benzene rings is 1. The van der Waals surface area contributed by atoms with E-state index in [4.69, 9.17) is 4.42 Å². The third-order valence-corrected chi connectivity index (χ3v) is 5.33. The maximum Gasteiger partial charge on any atom is 0.329 e. The van der Waals surface area contributed by atoms with Crippen LogP contribution in [0.25, 0.3) is 11.3 Å². The lowest BCUT2D eigenvalue weighted by atomic mass is 9.69. The molecule has 0 saturated heterocycles. The number of hydrogen-bond donors (Lipinski definition) is 1. The van der Waals surface area contributed by atoms with E-state index in [9.17, 15) is 9.59 Å². The SMILES string of the molecule is CC[C@]1(C)Cc2ccccc2-c2[nH]c(=O)n(Cc3ccco3)c(=O)c21. The predicted octanol–water partition coefficient (Wildman–Crippen LogP) is 3.07. The number of fused-ring (bicyclic) bond motifs is 3. The van der Waals surface area contributed by atoms with Gasteiger partial charge >= 0.3 is 5.69 Å². The fourth-order valence-corrected chi connectivity index (χ4v) is 3.76. The third-order valence-electron chi connectivity index (χ3n) is 5.33. The van der Waals surface area contributed by atoms with Crippen molar-refractivity contribution >= 4 is 0 Å². The molecule has 5 nitrogen and oxygen atoms in total. The quantitative estimate of drug-likeness (QED) is 0.799. The van der Waals surface area contributed by atoms with Crippen LogP contribution in [-0.4, -0.2) is 9.55 Å². The van der Waals surface area contributed by atoms with Crippen molar-refractivity contribution in [2.75, 3.05) is 0 Å². The molecule has 0 aliphatic heterocycles. The zero-order valence-electron chi connectivity index (χ0n) is 14.3. The minimum atomic E-state index is -0.407. The second kappa shape index (κ2) is 5.62. The Morgan fingerprint density at radius 2 is 2.00 bits per heavy atom. The number of aromatic nitrogens is 2. The molecule has 1 aromatic carbocycles. The van der Waals surface area contributed by atoms with E-state index in [2.05, 4.69) is 24.9 Å². The Labute approximate surface area is 144 Å². The average Bonchev–Trinajstić information content (AvgIpc) is 3.11. The molecule has 0 spiro atoms. The first-order valence-electron chi connectivity index (χ1n) is 8.52. The van der Waals surface area contributed by atoms with Gasteiger partial charge < -0.3 is 9.40 Å². The number of H-pyrrole nitrogens is 1. The lowest BCUT2D eigenvalue weighted by Crippen LogP contribution is -2.45. The van der Waals surface area contributed by atoms with Gasteiger partial charge in [0.05, 0.1) is 18.5 Å². The maximum atomic E-state index is 13.2. The van der Waals surface area contributed by atoms with Gasteiger partial charge in [-0.3, -0.25) is 9.36 Å². The Morgan fingerprint density at radius 3 is 2.72 bits per heavy atom. The summed E-state index contributed by atoms with van der Waals surface area (Å²) in [6.45, 7) is 4.31. The van der Waals surface area contributed by atoms with Crippen LogP contribution in [0.1, 0.15) is 37.2 Å². The summed E-state index contributed by atoms with van der Waals surface area (Å²) in [6, 6.07) is 11.5. The van der Waals surface area contributed by atoms with Gasteiger partial charge in [-0.2, -0.15) is 0 Å². The van der Waals surface area contributed by atoms with Crippen molar-refractivity contribution in [1.82, 2.24) is 9.55 Å². The van der Waals surface area contributed by atoms with Crippen LogP contribution in [0, 0.1) is 0 Å². The van der Waals surface area contributed by atoms with Crippen LogP contribution in [0.3, 0.4) is 0 Å². The minimum Gasteiger partial charge on any atom is -0.467 e. The van der Waals surface area contributed by atoms with Crippen LogP contribution in [0.2, 0.25) is 0 Å². The van der Waals surface area contributed by atoms with Gasteiger partial charge in [0.2, 0.25) is 0 Å². The number of furan rings is 1. The van der Waals surface area contributed by atoms with Crippen LogP contribution in [0.4, 0.5) is 0 Å². The highest BCUT2D eigenvalue weighted by atomic mass is 16.3. The van der Waals surface area contributed by atoms with Gasteiger partial charge in [-0.1, -0.05) is 38.1 Å². The number of nitrogens with zero attached hydrogens (tertiary/aromatic N) is 1. The van der Waals surface area contributed by atoms with Crippen molar-refractivity contribution in [2.45, 2.75) is 38.6 Å². The Kier molecular flexibility index (Phi) is 3.53. The van der Waals surface area contributed by atoms with Gasteiger partial charge in [0.15, 0.2) is 0 Å². The van der Waals surface area contributed by atoms with E-state index < -0.39 is 5.69 Å². The Balaban J connectivity index is 2.00. The first kappa shape index (κ1) is 15.7.